The monoisotopic (exact) mass is 534 g/mol. The molecule has 0 radical (unpaired) electrons. The first-order chi connectivity index (χ1) is 19.5. The van der Waals surface area contributed by atoms with Crippen LogP contribution < -0.4 is 4.74 Å². The van der Waals surface area contributed by atoms with E-state index in [0.29, 0.717) is 6.61 Å². The summed E-state index contributed by atoms with van der Waals surface area (Å²) in [6, 6.07) is 32.4. The highest BCUT2D eigenvalue weighted by molar-refractivity contribution is 5.88. The van der Waals surface area contributed by atoms with Crippen LogP contribution in [0.4, 0.5) is 0 Å². The summed E-state index contributed by atoms with van der Waals surface area (Å²) >= 11 is 0. The summed E-state index contributed by atoms with van der Waals surface area (Å²) < 4.78 is 6.15. The van der Waals surface area contributed by atoms with Crippen molar-refractivity contribution in [3.63, 3.8) is 0 Å². The Kier molecular flexibility index (Phi) is 10.3. The van der Waals surface area contributed by atoms with Crippen LogP contribution in [-0.2, 0) is 19.3 Å². The normalized spacial score (nSPS) is 11.8. The molecule has 0 bridgehead atoms. The van der Waals surface area contributed by atoms with Gasteiger partial charge in [0.05, 0.1) is 17.7 Å². The number of hydrogen-bond acceptors (Lipinski definition) is 3. The largest absolute Gasteiger partial charge is 0.493 e. The van der Waals surface area contributed by atoms with Crippen molar-refractivity contribution in [2.75, 3.05) is 6.61 Å². The summed E-state index contributed by atoms with van der Waals surface area (Å²) in [4.78, 5) is 22.4. The van der Waals surface area contributed by atoms with Crippen LogP contribution >= 0.6 is 0 Å². The van der Waals surface area contributed by atoms with Crippen molar-refractivity contribution in [1.29, 1.82) is 0 Å². The second kappa shape index (κ2) is 14.5. The molecule has 2 N–H and O–H groups in total. The first-order valence-electron chi connectivity index (χ1n) is 13.6. The van der Waals surface area contributed by atoms with Crippen LogP contribution in [0.1, 0.15) is 55.8 Å². The molecule has 40 heavy (non-hydrogen) atoms. The molecule has 0 amide bonds. The predicted molar refractivity (Wildman–Crippen MR) is 158 cm³/mol. The maximum atomic E-state index is 11.3. The summed E-state index contributed by atoms with van der Waals surface area (Å²) in [5.41, 5.74) is 5.00. The van der Waals surface area contributed by atoms with E-state index in [2.05, 4.69) is 36.4 Å². The number of allylic oxidation sites excluding steroid dienone is 1. The molecule has 0 fully saturated rings. The smallest absolute Gasteiger partial charge is 0.335 e. The standard InChI is InChI=1S/C35H34O5/c36-34(37)31-20-14-27(15-21-31)12-13-28(25-29-17-22-32(23-18-29)35(38)39)16-19-30-10-4-5-11-33(30)40-24-6-9-26-7-2-1-3-8-26/h1-5,7-8,10-11,14-23,28H,6,9,12-13,24-25H2,(H,36,37)(H,38,39)/b19-16+. The zero-order valence-electron chi connectivity index (χ0n) is 22.4. The third-order valence-corrected chi connectivity index (χ3v) is 6.88. The molecule has 0 aliphatic heterocycles. The number of carboxylic acids is 2. The van der Waals surface area contributed by atoms with Crippen LogP contribution in [0.3, 0.4) is 0 Å². The lowest BCUT2D eigenvalue weighted by molar-refractivity contribution is 0.0686. The molecule has 0 aliphatic rings. The van der Waals surface area contributed by atoms with E-state index in [9.17, 15) is 19.8 Å². The molecule has 0 aromatic heterocycles. The molecule has 5 heteroatoms. The summed E-state index contributed by atoms with van der Waals surface area (Å²) in [5, 5.41) is 18.4. The Balaban J connectivity index is 1.44. The molecule has 5 nitrogen and oxygen atoms in total. The Morgan fingerprint density at radius 1 is 0.675 bits per heavy atom. The highest BCUT2D eigenvalue weighted by atomic mass is 16.5. The highest BCUT2D eigenvalue weighted by Crippen LogP contribution is 2.24. The fraction of sp³-hybridized carbons (Fsp3) is 0.200. The SMILES string of the molecule is O=C(O)c1ccc(CCC(/C=C/c2ccccc2OCCCc2ccccc2)Cc2ccc(C(=O)O)cc2)cc1. The summed E-state index contributed by atoms with van der Waals surface area (Å²) in [6.45, 7) is 0.630. The first kappa shape index (κ1) is 28.4. The van der Waals surface area contributed by atoms with Gasteiger partial charge in [0.1, 0.15) is 5.75 Å². The van der Waals surface area contributed by atoms with Gasteiger partial charge in [0.2, 0.25) is 0 Å². The highest BCUT2D eigenvalue weighted by Gasteiger charge is 2.11. The van der Waals surface area contributed by atoms with E-state index in [-0.39, 0.29) is 17.0 Å². The van der Waals surface area contributed by atoms with Crippen LogP contribution in [0.15, 0.2) is 109 Å². The van der Waals surface area contributed by atoms with E-state index in [1.54, 1.807) is 24.3 Å². The molecule has 0 heterocycles. The summed E-state index contributed by atoms with van der Waals surface area (Å²) in [7, 11) is 0. The Hall–Kier alpha value is -4.64. The number of carboxylic acid groups (broad SMARTS) is 2. The lowest BCUT2D eigenvalue weighted by Gasteiger charge is -2.15. The lowest BCUT2D eigenvalue weighted by Crippen LogP contribution is -2.05. The van der Waals surface area contributed by atoms with Gasteiger partial charge in [-0.2, -0.15) is 0 Å². The minimum absolute atomic E-state index is 0.181. The number of rotatable bonds is 14. The van der Waals surface area contributed by atoms with Gasteiger partial charge in [-0.15, -0.1) is 0 Å². The summed E-state index contributed by atoms with van der Waals surface area (Å²) in [5.74, 6) is -0.840. The second-order valence-corrected chi connectivity index (χ2v) is 9.84. The fourth-order valence-electron chi connectivity index (χ4n) is 4.61. The molecule has 204 valence electrons. The molecule has 0 saturated carbocycles. The number of hydrogen-bond donors (Lipinski definition) is 2. The van der Waals surface area contributed by atoms with Gasteiger partial charge in [-0.1, -0.05) is 84.9 Å². The molecule has 0 spiro atoms. The molecule has 0 aliphatic carbocycles. The van der Waals surface area contributed by atoms with Crippen LogP contribution in [-0.4, -0.2) is 28.8 Å². The molecule has 1 unspecified atom stereocenters. The fourth-order valence-corrected chi connectivity index (χ4v) is 4.61. The van der Waals surface area contributed by atoms with Gasteiger partial charge in [0.25, 0.3) is 0 Å². The van der Waals surface area contributed by atoms with Crippen molar-refractivity contribution in [2.45, 2.75) is 32.1 Å². The third-order valence-electron chi connectivity index (χ3n) is 6.88. The van der Waals surface area contributed by atoms with E-state index < -0.39 is 11.9 Å². The number of aromatic carboxylic acids is 2. The van der Waals surface area contributed by atoms with Crippen molar-refractivity contribution in [3.05, 3.63) is 143 Å². The third kappa shape index (κ3) is 8.70. The van der Waals surface area contributed by atoms with Crippen LogP contribution in [0.5, 0.6) is 5.75 Å². The van der Waals surface area contributed by atoms with E-state index in [4.69, 9.17) is 4.74 Å². The molecule has 4 aromatic rings. The van der Waals surface area contributed by atoms with Crippen LogP contribution in [0.25, 0.3) is 6.08 Å². The van der Waals surface area contributed by atoms with Gasteiger partial charge in [-0.05, 0) is 85.0 Å². The van der Waals surface area contributed by atoms with Gasteiger partial charge < -0.3 is 14.9 Å². The van der Waals surface area contributed by atoms with E-state index in [0.717, 1.165) is 54.5 Å². The summed E-state index contributed by atoms with van der Waals surface area (Å²) in [6.07, 6.45) is 8.60. The van der Waals surface area contributed by atoms with Gasteiger partial charge in [0.15, 0.2) is 0 Å². The Labute approximate surface area is 235 Å². The Morgan fingerprint density at radius 2 is 1.25 bits per heavy atom. The number of para-hydroxylation sites is 1. The number of ether oxygens (including phenoxy) is 1. The first-order valence-corrected chi connectivity index (χ1v) is 13.6. The zero-order valence-corrected chi connectivity index (χ0v) is 22.4. The van der Waals surface area contributed by atoms with E-state index in [1.807, 2.05) is 54.6 Å². The van der Waals surface area contributed by atoms with Crippen molar-refractivity contribution in [2.24, 2.45) is 5.92 Å². The molecular weight excluding hydrogens is 500 g/mol. The average Bonchev–Trinajstić information content (AvgIpc) is 2.98. The maximum absolute atomic E-state index is 11.3. The lowest BCUT2D eigenvalue weighted by atomic mass is 9.91. The van der Waals surface area contributed by atoms with Crippen molar-refractivity contribution in [3.8, 4) is 5.75 Å². The van der Waals surface area contributed by atoms with Gasteiger partial charge in [-0.3, -0.25) is 0 Å². The number of carbonyl (C=O) groups is 2. The zero-order chi connectivity index (χ0) is 28.2. The van der Waals surface area contributed by atoms with Crippen LogP contribution in [0, 0.1) is 5.92 Å². The molecular formula is C35H34O5. The van der Waals surface area contributed by atoms with Gasteiger partial charge in [0, 0.05) is 5.56 Å². The van der Waals surface area contributed by atoms with Gasteiger partial charge in [-0.25, -0.2) is 9.59 Å². The molecule has 4 aromatic carbocycles. The molecule has 1 atom stereocenters. The topological polar surface area (TPSA) is 83.8 Å². The van der Waals surface area contributed by atoms with Gasteiger partial charge >= 0.3 is 11.9 Å². The molecule has 0 saturated heterocycles. The molecule has 4 rings (SSSR count). The average molecular weight is 535 g/mol. The van der Waals surface area contributed by atoms with E-state index in [1.165, 1.54) is 5.56 Å². The predicted octanol–water partition coefficient (Wildman–Crippen LogP) is 7.60. The van der Waals surface area contributed by atoms with Crippen molar-refractivity contribution < 1.29 is 24.5 Å². The Bertz CT molecular complexity index is 1410. The minimum Gasteiger partial charge on any atom is -0.493 e. The number of aryl methyl sites for hydroxylation is 2. The van der Waals surface area contributed by atoms with E-state index >= 15 is 0 Å². The number of benzene rings is 4. The minimum atomic E-state index is -0.937. The van der Waals surface area contributed by atoms with Crippen LogP contribution in [0.2, 0.25) is 0 Å². The second-order valence-electron chi connectivity index (χ2n) is 9.84. The van der Waals surface area contributed by atoms with Crippen molar-refractivity contribution >= 4 is 18.0 Å². The maximum Gasteiger partial charge on any atom is 0.335 e. The quantitative estimate of drug-likeness (QED) is 0.163. The van der Waals surface area contributed by atoms with Crippen molar-refractivity contribution in [1.82, 2.24) is 0 Å². The Morgan fingerprint density at radius 3 is 1.90 bits per heavy atom.